The van der Waals surface area contributed by atoms with E-state index in [1.165, 1.54) is 19.3 Å². The number of hydrogen-bond donors (Lipinski definition) is 2. The fourth-order valence-electron chi connectivity index (χ4n) is 1.96. The zero-order valence-electron chi connectivity index (χ0n) is 11.3. The molecular formula is C14H26N4. The molecule has 0 aliphatic heterocycles. The highest BCUT2D eigenvalue weighted by atomic mass is 14.9. The summed E-state index contributed by atoms with van der Waals surface area (Å²) in [4.78, 5) is 0. The topological polar surface area (TPSA) is 99.6 Å². The summed E-state index contributed by atoms with van der Waals surface area (Å²) < 4.78 is 0. The first-order chi connectivity index (χ1) is 8.62. The lowest BCUT2D eigenvalue weighted by atomic mass is 9.97. The third-order valence-electron chi connectivity index (χ3n) is 3.13. The van der Waals surface area contributed by atoms with Crippen molar-refractivity contribution in [3.63, 3.8) is 0 Å². The Bertz CT molecular complexity index is 272. The third kappa shape index (κ3) is 11.4. The van der Waals surface area contributed by atoms with Gasteiger partial charge in [0.1, 0.15) is 0 Å². The van der Waals surface area contributed by atoms with Crippen LogP contribution in [-0.2, 0) is 0 Å². The molecule has 0 amide bonds. The van der Waals surface area contributed by atoms with Gasteiger partial charge in [-0.2, -0.15) is 10.5 Å². The molecule has 18 heavy (non-hydrogen) atoms. The van der Waals surface area contributed by atoms with E-state index < -0.39 is 5.66 Å². The van der Waals surface area contributed by atoms with E-state index in [9.17, 15) is 0 Å². The molecule has 0 heterocycles. The Kier molecular flexibility index (Phi) is 10.3. The van der Waals surface area contributed by atoms with Crippen LogP contribution in [0.25, 0.3) is 0 Å². The van der Waals surface area contributed by atoms with Gasteiger partial charge in [-0.25, -0.2) is 0 Å². The number of nitrogens with zero attached hydrogens (tertiary/aromatic N) is 2. The van der Waals surface area contributed by atoms with Crippen LogP contribution in [0.3, 0.4) is 0 Å². The molecule has 4 heteroatoms. The van der Waals surface area contributed by atoms with Gasteiger partial charge in [0, 0.05) is 12.8 Å². The smallest absolute Gasteiger partial charge is 0.0646 e. The molecule has 0 radical (unpaired) electrons. The van der Waals surface area contributed by atoms with Crippen molar-refractivity contribution in [2.45, 2.75) is 76.3 Å². The van der Waals surface area contributed by atoms with Crippen molar-refractivity contribution in [1.29, 1.82) is 10.5 Å². The van der Waals surface area contributed by atoms with Crippen molar-refractivity contribution >= 4 is 0 Å². The van der Waals surface area contributed by atoms with Gasteiger partial charge in [-0.1, -0.05) is 38.5 Å². The van der Waals surface area contributed by atoms with Crippen LogP contribution < -0.4 is 11.5 Å². The van der Waals surface area contributed by atoms with Crippen molar-refractivity contribution in [2.24, 2.45) is 11.5 Å². The second kappa shape index (κ2) is 11.0. The summed E-state index contributed by atoms with van der Waals surface area (Å²) in [5, 5.41) is 16.9. The number of rotatable bonds is 11. The maximum atomic E-state index is 8.48. The summed E-state index contributed by atoms with van der Waals surface area (Å²) in [5.74, 6) is 0. The zero-order valence-corrected chi connectivity index (χ0v) is 11.3. The van der Waals surface area contributed by atoms with E-state index in [4.69, 9.17) is 22.0 Å². The zero-order chi connectivity index (χ0) is 13.7. The Morgan fingerprint density at radius 2 is 1.17 bits per heavy atom. The summed E-state index contributed by atoms with van der Waals surface area (Å²) in [6, 6.07) is 4.24. The molecule has 0 saturated heterocycles. The second-order valence-corrected chi connectivity index (χ2v) is 5.02. The van der Waals surface area contributed by atoms with Crippen LogP contribution >= 0.6 is 0 Å². The first kappa shape index (κ1) is 16.9. The predicted octanol–water partition coefficient (Wildman–Crippen LogP) is 2.94. The van der Waals surface area contributed by atoms with Crippen molar-refractivity contribution in [3.8, 4) is 12.1 Å². The van der Waals surface area contributed by atoms with Crippen LogP contribution in [0.5, 0.6) is 0 Å². The first-order valence-corrected chi connectivity index (χ1v) is 6.94. The molecule has 0 aromatic carbocycles. The Morgan fingerprint density at radius 1 is 0.667 bits per heavy atom. The van der Waals surface area contributed by atoms with Crippen molar-refractivity contribution < 1.29 is 0 Å². The molecule has 0 rings (SSSR count). The van der Waals surface area contributed by atoms with E-state index in [-0.39, 0.29) is 0 Å². The van der Waals surface area contributed by atoms with E-state index in [1.807, 2.05) is 0 Å². The van der Waals surface area contributed by atoms with Gasteiger partial charge in [-0.05, 0) is 19.3 Å². The lowest BCUT2D eigenvalue weighted by molar-refractivity contribution is 0.364. The molecule has 0 unspecified atom stereocenters. The number of nitrogens with two attached hydrogens (primary N) is 2. The van der Waals surface area contributed by atoms with Gasteiger partial charge in [-0.3, -0.25) is 0 Å². The van der Waals surface area contributed by atoms with Crippen LogP contribution in [0.1, 0.15) is 70.6 Å². The summed E-state index contributed by atoms with van der Waals surface area (Å²) in [6.07, 6.45) is 10.5. The molecule has 0 spiro atoms. The third-order valence-corrected chi connectivity index (χ3v) is 3.13. The van der Waals surface area contributed by atoms with Gasteiger partial charge in [-0.15, -0.1) is 0 Å². The Labute approximate surface area is 111 Å². The predicted molar refractivity (Wildman–Crippen MR) is 73.1 cm³/mol. The molecule has 4 nitrogen and oxygen atoms in total. The highest BCUT2D eigenvalue weighted by Crippen LogP contribution is 2.14. The number of nitriles is 2. The molecule has 0 aromatic rings. The standard InChI is InChI=1S/C14H26N4/c15-12-8-6-4-2-1-3-5-7-10-14(17,18)11-9-13-16/h1-11,17-18H2. The van der Waals surface area contributed by atoms with Crippen LogP contribution in [0.4, 0.5) is 0 Å². The van der Waals surface area contributed by atoms with Crippen molar-refractivity contribution in [1.82, 2.24) is 0 Å². The Morgan fingerprint density at radius 3 is 1.72 bits per heavy atom. The average Bonchev–Trinajstić information content (AvgIpc) is 2.34. The van der Waals surface area contributed by atoms with Crippen LogP contribution in [-0.4, -0.2) is 5.66 Å². The van der Waals surface area contributed by atoms with Gasteiger partial charge in [0.25, 0.3) is 0 Å². The monoisotopic (exact) mass is 250 g/mol. The lowest BCUT2D eigenvalue weighted by Gasteiger charge is -2.23. The quantitative estimate of drug-likeness (QED) is 0.435. The molecular weight excluding hydrogens is 224 g/mol. The van der Waals surface area contributed by atoms with Crippen molar-refractivity contribution in [2.75, 3.05) is 0 Å². The minimum Gasteiger partial charge on any atom is -0.313 e. The lowest BCUT2D eigenvalue weighted by Crippen LogP contribution is -2.49. The van der Waals surface area contributed by atoms with E-state index in [0.29, 0.717) is 19.3 Å². The molecule has 0 aliphatic carbocycles. The Hall–Kier alpha value is -1.10. The Balaban J connectivity index is 3.30. The van der Waals surface area contributed by atoms with Crippen molar-refractivity contribution in [3.05, 3.63) is 0 Å². The van der Waals surface area contributed by atoms with Crippen LogP contribution in [0, 0.1) is 22.7 Å². The molecule has 0 fully saturated rings. The molecule has 0 aromatic heterocycles. The van der Waals surface area contributed by atoms with E-state index in [0.717, 1.165) is 32.1 Å². The average molecular weight is 250 g/mol. The summed E-state index contributed by atoms with van der Waals surface area (Å²) in [7, 11) is 0. The van der Waals surface area contributed by atoms with Gasteiger partial charge in [0.05, 0.1) is 17.8 Å². The van der Waals surface area contributed by atoms with E-state index >= 15 is 0 Å². The normalized spacial score (nSPS) is 10.9. The fourth-order valence-corrected chi connectivity index (χ4v) is 1.96. The SMILES string of the molecule is N#CCCCCCCCCCC(N)(N)CCC#N. The minimum atomic E-state index is -0.664. The maximum Gasteiger partial charge on any atom is 0.0646 e. The largest absolute Gasteiger partial charge is 0.313 e. The number of unbranched alkanes of at least 4 members (excludes halogenated alkanes) is 7. The summed E-state index contributed by atoms with van der Waals surface area (Å²) >= 11 is 0. The number of hydrogen-bond acceptors (Lipinski definition) is 4. The molecule has 0 bridgehead atoms. The molecule has 4 N–H and O–H groups in total. The maximum absolute atomic E-state index is 8.48. The van der Waals surface area contributed by atoms with Crippen LogP contribution in [0.15, 0.2) is 0 Å². The van der Waals surface area contributed by atoms with Gasteiger partial charge in [0.2, 0.25) is 0 Å². The molecule has 0 aliphatic rings. The first-order valence-electron chi connectivity index (χ1n) is 6.94. The minimum absolute atomic E-state index is 0.436. The fraction of sp³-hybridized carbons (Fsp3) is 0.857. The highest BCUT2D eigenvalue weighted by Gasteiger charge is 2.17. The summed E-state index contributed by atoms with van der Waals surface area (Å²) in [5.41, 5.74) is 11.1. The molecule has 0 saturated carbocycles. The molecule has 102 valence electrons. The second-order valence-electron chi connectivity index (χ2n) is 5.02. The van der Waals surface area contributed by atoms with E-state index in [1.54, 1.807) is 0 Å². The van der Waals surface area contributed by atoms with E-state index in [2.05, 4.69) is 12.1 Å². The van der Waals surface area contributed by atoms with Gasteiger partial charge in [0.15, 0.2) is 0 Å². The van der Waals surface area contributed by atoms with Gasteiger partial charge < -0.3 is 11.5 Å². The summed E-state index contributed by atoms with van der Waals surface area (Å²) in [6.45, 7) is 0. The highest BCUT2D eigenvalue weighted by molar-refractivity contribution is 4.82. The molecule has 0 atom stereocenters. The van der Waals surface area contributed by atoms with Gasteiger partial charge >= 0.3 is 0 Å². The van der Waals surface area contributed by atoms with Crippen LogP contribution in [0.2, 0.25) is 0 Å².